The lowest BCUT2D eigenvalue weighted by molar-refractivity contribution is -0.385. The van der Waals surface area contributed by atoms with E-state index >= 15 is 0 Å². The normalized spacial score (nSPS) is 12.4. The number of nitrogens with two attached hydrogens (primary N) is 1. The van der Waals surface area contributed by atoms with E-state index in [4.69, 9.17) is 5.73 Å². The van der Waals surface area contributed by atoms with Crippen molar-refractivity contribution in [2.75, 3.05) is 6.54 Å². The first-order valence-corrected chi connectivity index (χ1v) is 7.17. The Hall–Kier alpha value is -1.58. The van der Waals surface area contributed by atoms with Crippen molar-refractivity contribution in [2.24, 2.45) is 5.73 Å². The van der Waals surface area contributed by atoms with Gasteiger partial charge in [0.2, 0.25) is 10.0 Å². The molecule has 0 saturated heterocycles. The minimum absolute atomic E-state index is 0.0165. The molecule has 1 aromatic carbocycles. The summed E-state index contributed by atoms with van der Waals surface area (Å²) in [7, 11) is -4.10. The van der Waals surface area contributed by atoms with E-state index in [0.29, 0.717) is 0 Å². The fourth-order valence-electron chi connectivity index (χ4n) is 1.45. The predicted octanol–water partition coefficient (Wildman–Crippen LogP) is 1.06. The van der Waals surface area contributed by atoms with Crippen LogP contribution in [0.2, 0.25) is 0 Å². The molecule has 0 saturated carbocycles. The summed E-state index contributed by atoms with van der Waals surface area (Å²) >= 11 is 0. The molecule has 0 unspecified atom stereocenters. The minimum atomic E-state index is -4.10. The van der Waals surface area contributed by atoms with Crippen molar-refractivity contribution in [2.45, 2.75) is 31.2 Å². The van der Waals surface area contributed by atoms with Crippen LogP contribution in [0.5, 0.6) is 0 Å². The van der Waals surface area contributed by atoms with Crippen LogP contribution < -0.4 is 10.5 Å². The van der Waals surface area contributed by atoms with E-state index in [0.717, 1.165) is 12.1 Å². The highest BCUT2D eigenvalue weighted by Crippen LogP contribution is 2.25. The van der Waals surface area contributed by atoms with Gasteiger partial charge in [0.05, 0.1) is 15.4 Å². The lowest BCUT2D eigenvalue weighted by Gasteiger charge is -2.23. The third-order valence-electron chi connectivity index (χ3n) is 2.72. The lowest BCUT2D eigenvalue weighted by atomic mass is 10.1. The molecule has 3 N–H and O–H groups in total. The molecular weight excluding hydrogens is 289 g/mol. The number of hydrogen-bond donors (Lipinski definition) is 2. The maximum absolute atomic E-state index is 13.6. The Balaban J connectivity index is 3.37. The average Bonchev–Trinajstić information content (AvgIpc) is 2.30. The summed E-state index contributed by atoms with van der Waals surface area (Å²) in [6.45, 7) is 4.32. The van der Waals surface area contributed by atoms with E-state index < -0.39 is 36.9 Å². The SMILES string of the molecule is Cc1c(F)cc(S(=O)(=O)NC(C)(C)CN)cc1[N+](=O)[O-]. The van der Waals surface area contributed by atoms with E-state index in [9.17, 15) is 22.9 Å². The molecule has 20 heavy (non-hydrogen) atoms. The summed E-state index contributed by atoms with van der Waals surface area (Å²) in [5, 5.41) is 10.8. The molecule has 0 amide bonds. The van der Waals surface area contributed by atoms with Crippen LogP contribution in [-0.4, -0.2) is 25.4 Å². The maximum atomic E-state index is 13.6. The fraction of sp³-hybridized carbons (Fsp3) is 0.455. The second kappa shape index (κ2) is 5.43. The fourth-order valence-corrected chi connectivity index (χ4v) is 2.90. The van der Waals surface area contributed by atoms with Gasteiger partial charge in [-0.1, -0.05) is 0 Å². The second-order valence-electron chi connectivity index (χ2n) is 5.00. The van der Waals surface area contributed by atoms with Crippen molar-refractivity contribution >= 4 is 15.7 Å². The van der Waals surface area contributed by atoms with E-state index in [-0.39, 0.29) is 12.1 Å². The number of nitrogens with one attached hydrogen (secondary N) is 1. The van der Waals surface area contributed by atoms with Gasteiger partial charge in [-0.05, 0) is 26.8 Å². The summed E-state index contributed by atoms with van der Waals surface area (Å²) < 4.78 is 40.1. The van der Waals surface area contributed by atoms with E-state index in [1.165, 1.54) is 6.92 Å². The first-order valence-electron chi connectivity index (χ1n) is 5.69. The van der Waals surface area contributed by atoms with Crippen LogP contribution in [0.25, 0.3) is 0 Å². The molecule has 0 bridgehead atoms. The molecule has 0 aromatic heterocycles. The zero-order chi connectivity index (χ0) is 15.7. The van der Waals surface area contributed by atoms with Gasteiger partial charge in [0, 0.05) is 18.2 Å². The lowest BCUT2D eigenvalue weighted by Crippen LogP contribution is -2.48. The van der Waals surface area contributed by atoms with Crippen LogP contribution in [0.15, 0.2) is 17.0 Å². The summed E-state index contributed by atoms with van der Waals surface area (Å²) in [5.41, 5.74) is 3.66. The molecule has 0 fully saturated rings. The summed E-state index contributed by atoms with van der Waals surface area (Å²) in [6, 6.07) is 1.57. The van der Waals surface area contributed by atoms with Gasteiger partial charge < -0.3 is 5.73 Å². The zero-order valence-electron chi connectivity index (χ0n) is 11.3. The number of nitro groups is 1. The molecule has 0 aliphatic rings. The van der Waals surface area contributed by atoms with Crippen molar-refractivity contribution < 1.29 is 17.7 Å². The first-order chi connectivity index (χ1) is 9.00. The highest BCUT2D eigenvalue weighted by molar-refractivity contribution is 7.89. The van der Waals surface area contributed by atoms with Crippen molar-refractivity contribution in [1.82, 2.24) is 4.72 Å². The zero-order valence-corrected chi connectivity index (χ0v) is 12.1. The van der Waals surface area contributed by atoms with Crippen molar-refractivity contribution in [3.63, 3.8) is 0 Å². The quantitative estimate of drug-likeness (QED) is 0.623. The summed E-state index contributed by atoms with van der Waals surface area (Å²) in [4.78, 5) is 9.46. The molecule has 0 heterocycles. The van der Waals surface area contributed by atoms with Gasteiger partial charge in [0.1, 0.15) is 5.82 Å². The Morgan fingerprint density at radius 3 is 2.45 bits per heavy atom. The van der Waals surface area contributed by atoms with E-state index in [1.54, 1.807) is 13.8 Å². The van der Waals surface area contributed by atoms with Gasteiger partial charge in [0.15, 0.2) is 0 Å². The Morgan fingerprint density at radius 1 is 1.45 bits per heavy atom. The summed E-state index contributed by atoms with van der Waals surface area (Å²) in [5.74, 6) is -0.954. The second-order valence-corrected chi connectivity index (χ2v) is 6.68. The van der Waals surface area contributed by atoms with Crippen LogP contribution in [-0.2, 0) is 10.0 Å². The smallest absolute Gasteiger partial charge is 0.276 e. The number of halogens is 1. The Morgan fingerprint density at radius 2 is 2.00 bits per heavy atom. The molecule has 1 aromatic rings. The molecule has 0 aliphatic heterocycles. The van der Waals surface area contributed by atoms with Crippen LogP contribution in [0.4, 0.5) is 10.1 Å². The Labute approximate surface area is 116 Å². The average molecular weight is 305 g/mol. The maximum Gasteiger partial charge on any atom is 0.276 e. The highest BCUT2D eigenvalue weighted by Gasteiger charge is 2.28. The molecule has 0 aliphatic carbocycles. The molecular formula is C11H16FN3O4S. The van der Waals surface area contributed by atoms with Gasteiger partial charge in [-0.2, -0.15) is 0 Å². The van der Waals surface area contributed by atoms with Crippen molar-refractivity contribution in [1.29, 1.82) is 0 Å². The molecule has 9 heteroatoms. The van der Waals surface area contributed by atoms with Crippen LogP contribution >= 0.6 is 0 Å². The van der Waals surface area contributed by atoms with Gasteiger partial charge in [0.25, 0.3) is 5.69 Å². The monoisotopic (exact) mass is 305 g/mol. The number of rotatable bonds is 5. The predicted molar refractivity (Wildman–Crippen MR) is 71.2 cm³/mol. The third kappa shape index (κ3) is 3.50. The van der Waals surface area contributed by atoms with Crippen LogP contribution in [0, 0.1) is 22.9 Å². The molecule has 7 nitrogen and oxygen atoms in total. The van der Waals surface area contributed by atoms with Gasteiger partial charge in [-0.15, -0.1) is 0 Å². The van der Waals surface area contributed by atoms with Gasteiger partial charge in [-0.25, -0.2) is 17.5 Å². The van der Waals surface area contributed by atoms with Crippen LogP contribution in [0.3, 0.4) is 0 Å². The molecule has 112 valence electrons. The number of hydrogen-bond acceptors (Lipinski definition) is 5. The van der Waals surface area contributed by atoms with Crippen LogP contribution in [0.1, 0.15) is 19.4 Å². The number of benzene rings is 1. The highest BCUT2D eigenvalue weighted by atomic mass is 32.2. The number of nitro benzene ring substituents is 1. The largest absolute Gasteiger partial charge is 0.329 e. The molecule has 0 radical (unpaired) electrons. The first kappa shape index (κ1) is 16.5. The van der Waals surface area contributed by atoms with E-state index in [1.807, 2.05) is 0 Å². The molecule has 0 atom stereocenters. The Bertz CT molecular complexity index is 643. The van der Waals surface area contributed by atoms with E-state index in [2.05, 4.69) is 4.72 Å². The minimum Gasteiger partial charge on any atom is -0.329 e. The van der Waals surface area contributed by atoms with Crippen molar-refractivity contribution in [3.05, 3.63) is 33.6 Å². The van der Waals surface area contributed by atoms with Gasteiger partial charge in [-0.3, -0.25) is 10.1 Å². The van der Waals surface area contributed by atoms with Gasteiger partial charge >= 0.3 is 0 Å². The third-order valence-corrected chi connectivity index (χ3v) is 4.40. The standard InChI is InChI=1S/C11H16FN3O4S/c1-7-9(12)4-8(5-10(7)15(16)17)20(18,19)14-11(2,3)6-13/h4-5,14H,6,13H2,1-3H3. The molecule has 1 rings (SSSR count). The number of nitrogens with zero attached hydrogens (tertiary/aromatic N) is 1. The van der Waals surface area contributed by atoms with Crippen molar-refractivity contribution in [3.8, 4) is 0 Å². The Kier molecular flexibility index (Phi) is 4.47. The number of sulfonamides is 1. The topological polar surface area (TPSA) is 115 Å². The molecule has 0 spiro atoms. The summed E-state index contributed by atoms with van der Waals surface area (Å²) in [6.07, 6.45) is 0.